The minimum absolute atomic E-state index is 0.707. The zero-order chi connectivity index (χ0) is 18.4. The molecule has 0 amide bonds. The monoisotopic (exact) mass is 372 g/mol. The van der Waals surface area contributed by atoms with Crippen molar-refractivity contribution < 1.29 is 0 Å². The molecule has 0 aromatic carbocycles. The summed E-state index contributed by atoms with van der Waals surface area (Å²) in [5.74, 6) is 1.87. The van der Waals surface area contributed by atoms with Gasteiger partial charge >= 0.3 is 0 Å². The van der Waals surface area contributed by atoms with Gasteiger partial charge in [0.15, 0.2) is 5.96 Å². The van der Waals surface area contributed by atoms with E-state index in [4.69, 9.17) is 0 Å². The van der Waals surface area contributed by atoms with E-state index in [2.05, 4.69) is 68.0 Å². The molecule has 1 fully saturated rings. The highest BCUT2D eigenvalue weighted by Crippen LogP contribution is 2.15. The number of thiophene rings is 1. The van der Waals surface area contributed by atoms with Crippen LogP contribution in [0, 0.1) is 6.92 Å². The van der Waals surface area contributed by atoms with E-state index in [0.717, 1.165) is 50.1 Å². The summed E-state index contributed by atoms with van der Waals surface area (Å²) in [4.78, 5) is 15.0. The average Bonchev–Trinajstić information content (AvgIpc) is 3.08. The predicted molar refractivity (Wildman–Crippen MR) is 110 cm³/mol. The molecule has 2 aromatic rings. The van der Waals surface area contributed by atoms with Gasteiger partial charge < -0.3 is 20.4 Å². The van der Waals surface area contributed by atoms with Crippen molar-refractivity contribution >= 4 is 23.1 Å². The lowest BCUT2D eigenvalue weighted by molar-refractivity contribution is 0.312. The maximum absolute atomic E-state index is 4.64. The number of nitrogens with zero attached hydrogens (tertiary/aromatic N) is 4. The molecule has 0 radical (unpaired) electrons. The third-order valence-electron chi connectivity index (χ3n) is 4.70. The van der Waals surface area contributed by atoms with Gasteiger partial charge in [0.2, 0.25) is 0 Å². The molecule has 0 atom stereocenters. The van der Waals surface area contributed by atoms with E-state index in [9.17, 15) is 0 Å². The summed E-state index contributed by atoms with van der Waals surface area (Å²) in [6.07, 6.45) is 1.96. The van der Waals surface area contributed by atoms with E-state index in [-0.39, 0.29) is 0 Å². The molecular weight excluding hydrogens is 344 g/mol. The summed E-state index contributed by atoms with van der Waals surface area (Å²) in [7, 11) is 3.96. The summed E-state index contributed by atoms with van der Waals surface area (Å²) >= 11 is 1.77. The van der Waals surface area contributed by atoms with Crippen LogP contribution >= 0.6 is 11.3 Å². The smallest absolute Gasteiger partial charge is 0.191 e. The minimum Gasteiger partial charge on any atom is -0.354 e. The van der Waals surface area contributed by atoms with E-state index >= 15 is 0 Å². The van der Waals surface area contributed by atoms with E-state index in [1.807, 2.05) is 6.20 Å². The molecule has 6 nitrogen and oxygen atoms in total. The minimum atomic E-state index is 0.707. The second kappa shape index (κ2) is 9.00. The first-order chi connectivity index (χ1) is 12.7. The Labute approximate surface area is 160 Å². The zero-order valence-corrected chi connectivity index (χ0v) is 16.6. The van der Waals surface area contributed by atoms with Gasteiger partial charge in [-0.3, -0.25) is 4.99 Å². The maximum atomic E-state index is 4.64. The van der Waals surface area contributed by atoms with Crippen LogP contribution in [0.15, 0.2) is 34.8 Å². The predicted octanol–water partition coefficient (Wildman–Crippen LogP) is 2.07. The van der Waals surface area contributed by atoms with Crippen molar-refractivity contribution in [1.82, 2.24) is 20.5 Å². The number of nitrogens with one attached hydrogen (secondary N) is 2. The molecule has 2 aromatic heterocycles. The van der Waals surface area contributed by atoms with Crippen molar-refractivity contribution in [3.63, 3.8) is 0 Å². The standard InChI is InChI=1S/C19H28N6S/c1-15-6-11-26-17(15)14-23-19(20-2)22-13-16-4-5-18(21-12-16)25-9-7-24(3)8-10-25/h4-6,11-12H,7-10,13-14H2,1-3H3,(H2,20,22,23). The third kappa shape index (κ3) is 4.95. The van der Waals surface area contributed by atoms with Gasteiger partial charge in [0.05, 0.1) is 6.54 Å². The molecule has 3 heterocycles. The lowest BCUT2D eigenvalue weighted by atomic mass is 10.2. The van der Waals surface area contributed by atoms with Crippen LogP contribution in [0.25, 0.3) is 0 Å². The first-order valence-corrected chi connectivity index (χ1v) is 9.89. The number of hydrogen-bond donors (Lipinski definition) is 2. The molecule has 0 spiro atoms. The molecule has 0 bridgehead atoms. The molecule has 140 valence electrons. The van der Waals surface area contributed by atoms with Crippen LogP contribution in [0.3, 0.4) is 0 Å². The maximum Gasteiger partial charge on any atom is 0.191 e. The largest absolute Gasteiger partial charge is 0.354 e. The lowest BCUT2D eigenvalue weighted by Gasteiger charge is -2.33. The van der Waals surface area contributed by atoms with E-state index in [1.54, 1.807) is 18.4 Å². The average molecular weight is 373 g/mol. The van der Waals surface area contributed by atoms with Gasteiger partial charge in [-0.25, -0.2) is 4.98 Å². The van der Waals surface area contributed by atoms with Crippen molar-refractivity contribution in [2.24, 2.45) is 4.99 Å². The Hall–Kier alpha value is -2.12. The van der Waals surface area contributed by atoms with E-state index < -0.39 is 0 Å². The van der Waals surface area contributed by atoms with Gasteiger partial charge in [-0.15, -0.1) is 11.3 Å². The SMILES string of the molecule is CN=C(NCc1ccc(N2CCN(C)CC2)nc1)NCc1sccc1C. The summed E-state index contributed by atoms with van der Waals surface area (Å²) in [6, 6.07) is 6.41. The zero-order valence-electron chi connectivity index (χ0n) is 15.8. The highest BCUT2D eigenvalue weighted by Gasteiger charge is 2.14. The van der Waals surface area contributed by atoms with E-state index in [1.165, 1.54) is 10.4 Å². The van der Waals surface area contributed by atoms with Gasteiger partial charge in [-0.05, 0) is 42.6 Å². The summed E-state index contributed by atoms with van der Waals surface area (Å²) in [6.45, 7) is 7.91. The summed E-state index contributed by atoms with van der Waals surface area (Å²) < 4.78 is 0. The molecule has 7 heteroatoms. The Morgan fingerprint density at radius 2 is 1.92 bits per heavy atom. The number of guanidine groups is 1. The molecular formula is C19H28N6S. The van der Waals surface area contributed by atoms with Crippen LogP contribution < -0.4 is 15.5 Å². The molecule has 2 N–H and O–H groups in total. The van der Waals surface area contributed by atoms with Gasteiger partial charge in [-0.1, -0.05) is 6.07 Å². The Morgan fingerprint density at radius 1 is 1.15 bits per heavy atom. The number of hydrogen-bond acceptors (Lipinski definition) is 5. The second-order valence-corrected chi connectivity index (χ2v) is 7.62. The van der Waals surface area contributed by atoms with Crippen molar-refractivity contribution in [2.75, 3.05) is 45.2 Å². The van der Waals surface area contributed by atoms with Crippen LogP contribution in [0.4, 0.5) is 5.82 Å². The van der Waals surface area contributed by atoms with Gasteiger partial charge in [-0.2, -0.15) is 0 Å². The number of anilines is 1. The number of aromatic nitrogens is 1. The second-order valence-electron chi connectivity index (χ2n) is 6.62. The third-order valence-corrected chi connectivity index (χ3v) is 5.73. The lowest BCUT2D eigenvalue weighted by Crippen LogP contribution is -2.44. The first-order valence-electron chi connectivity index (χ1n) is 9.01. The number of rotatable bonds is 5. The Balaban J connectivity index is 1.48. The highest BCUT2D eigenvalue weighted by atomic mass is 32.1. The summed E-state index contributed by atoms with van der Waals surface area (Å²) in [5.41, 5.74) is 2.47. The van der Waals surface area contributed by atoms with E-state index in [0.29, 0.717) is 6.54 Å². The molecule has 3 rings (SSSR count). The number of likely N-dealkylation sites (N-methyl/N-ethyl adjacent to an activating group) is 1. The van der Waals surface area contributed by atoms with Crippen molar-refractivity contribution in [2.45, 2.75) is 20.0 Å². The number of aliphatic imine (C=N–C) groups is 1. The van der Waals surface area contributed by atoms with Gasteiger partial charge in [0, 0.05) is 50.8 Å². The van der Waals surface area contributed by atoms with Crippen LogP contribution in [0.1, 0.15) is 16.0 Å². The van der Waals surface area contributed by atoms with Gasteiger partial charge in [0.25, 0.3) is 0 Å². The molecule has 26 heavy (non-hydrogen) atoms. The van der Waals surface area contributed by atoms with Gasteiger partial charge in [0.1, 0.15) is 5.82 Å². The van der Waals surface area contributed by atoms with Crippen molar-refractivity contribution in [1.29, 1.82) is 0 Å². The first kappa shape index (κ1) is 18.7. The quantitative estimate of drug-likeness (QED) is 0.622. The number of pyridine rings is 1. The highest BCUT2D eigenvalue weighted by molar-refractivity contribution is 7.10. The fourth-order valence-electron chi connectivity index (χ4n) is 2.90. The molecule has 0 unspecified atom stereocenters. The Morgan fingerprint density at radius 3 is 2.54 bits per heavy atom. The molecule has 0 saturated carbocycles. The topological polar surface area (TPSA) is 55.8 Å². The normalized spacial score (nSPS) is 16.0. The fourth-order valence-corrected chi connectivity index (χ4v) is 3.75. The van der Waals surface area contributed by atoms with Crippen LogP contribution in [-0.2, 0) is 13.1 Å². The summed E-state index contributed by atoms with van der Waals surface area (Å²) in [5, 5.41) is 8.84. The molecule has 0 aliphatic carbocycles. The number of aryl methyl sites for hydroxylation is 1. The fraction of sp³-hybridized carbons (Fsp3) is 0.474. The van der Waals surface area contributed by atoms with Crippen LogP contribution in [0.2, 0.25) is 0 Å². The Bertz CT molecular complexity index is 716. The van der Waals surface area contributed by atoms with Crippen molar-refractivity contribution in [3.8, 4) is 0 Å². The molecule has 1 aliphatic rings. The van der Waals surface area contributed by atoms with Crippen molar-refractivity contribution in [3.05, 3.63) is 45.8 Å². The Kier molecular flexibility index (Phi) is 6.46. The molecule has 1 saturated heterocycles. The molecule has 1 aliphatic heterocycles. The van der Waals surface area contributed by atoms with Crippen LogP contribution in [0.5, 0.6) is 0 Å². The van der Waals surface area contributed by atoms with Crippen LogP contribution in [-0.4, -0.2) is 56.1 Å². The number of piperazine rings is 1.